The summed E-state index contributed by atoms with van der Waals surface area (Å²) >= 11 is 12.5. The van der Waals surface area contributed by atoms with Crippen molar-refractivity contribution in [3.8, 4) is 11.5 Å². The van der Waals surface area contributed by atoms with Crippen molar-refractivity contribution in [1.82, 2.24) is 0 Å². The highest BCUT2D eigenvalue weighted by Crippen LogP contribution is 2.40. The van der Waals surface area contributed by atoms with Crippen LogP contribution in [0, 0.1) is 0 Å². The number of methoxy groups -OCH3 is 2. The fourth-order valence-electron chi connectivity index (χ4n) is 3.51. The van der Waals surface area contributed by atoms with Gasteiger partial charge in [0.2, 0.25) is 0 Å². The predicted molar refractivity (Wildman–Crippen MR) is 125 cm³/mol. The van der Waals surface area contributed by atoms with Crippen molar-refractivity contribution < 1.29 is 19.1 Å². The molecule has 32 heavy (non-hydrogen) atoms. The number of halogens is 2. The average molecular weight is 469 g/mol. The van der Waals surface area contributed by atoms with Gasteiger partial charge < -0.3 is 14.8 Å². The van der Waals surface area contributed by atoms with Crippen LogP contribution in [0.2, 0.25) is 10.0 Å². The number of hydrogen-bond donors (Lipinski definition) is 1. The van der Waals surface area contributed by atoms with Crippen LogP contribution in [0.15, 0.2) is 72.4 Å². The van der Waals surface area contributed by atoms with E-state index in [9.17, 15) is 9.59 Å². The molecule has 3 aromatic rings. The summed E-state index contributed by atoms with van der Waals surface area (Å²) in [5.41, 5.74) is 1.39. The third-order valence-corrected chi connectivity index (χ3v) is 5.53. The first kappa shape index (κ1) is 21.7. The molecule has 3 aromatic carbocycles. The van der Waals surface area contributed by atoms with Gasteiger partial charge in [0.05, 0.1) is 36.2 Å². The van der Waals surface area contributed by atoms with Crippen molar-refractivity contribution in [3.05, 3.63) is 88.0 Å². The van der Waals surface area contributed by atoms with E-state index in [0.29, 0.717) is 27.8 Å². The topological polar surface area (TPSA) is 67.9 Å². The van der Waals surface area contributed by atoms with E-state index in [1.54, 1.807) is 66.7 Å². The van der Waals surface area contributed by atoms with E-state index in [4.69, 9.17) is 32.7 Å². The minimum atomic E-state index is -0.564. The highest BCUT2D eigenvalue weighted by Gasteiger charge is 2.42. The van der Waals surface area contributed by atoms with Crippen LogP contribution in [0.1, 0.15) is 5.56 Å². The highest BCUT2D eigenvalue weighted by atomic mass is 35.5. The number of amides is 2. The van der Waals surface area contributed by atoms with Crippen molar-refractivity contribution >= 4 is 52.0 Å². The monoisotopic (exact) mass is 468 g/mol. The van der Waals surface area contributed by atoms with Gasteiger partial charge in [-0.15, -0.1) is 0 Å². The lowest BCUT2D eigenvalue weighted by Crippen LogP contribution is -2.32. The van der Waals surface area contributed by atoms with Gasteiger partial charge >= 0.3 is 0 Å². The van der Waals surface area contributed by atoms with Crippen LogP contribution < -0.4 is 19.7 Å². The first-order valence-corrected chi connectivity index (χ1v) is 10.3. The number of carbonyl (C=O) groups excluding carboxylic acids is 2. The zero-order valence-electron chi connectivity index (χ0n) is 17.2. The van der Waals surface area contributed by atoms with Crippen molar-refractivity contribution in [3.63, 3.8) is 0 Å². The first-order valence-electron chi connectivity index (χ1n) is 9.57. The number of carbonyl (C=O) groups is 2. The van der Waals surface area contributed by atoms with Gasteiger partial charge in [0, 0.05) is 10.6 Å². The summed E-state index contributed by atoms with van der Waals surface area (Å²) in [4.78, 5) is 28.2. The number of nitrogens with one attached hydrogen (secondary N) is 1. The number of ether oxygens (including phenoxy) is 2. The molecule has 0 bridgehead atoms. The Morgan fingerprint density at radius 2 is 1.50 bits per heavy atom. The molecule has 8 heteroatoms. The van der Waals surface area contributed by atoms with E-state index < -0.39 is 11.8 Å². The molecule has 1 N–H and O–H groups in total. The number of anilines is 2. The SMILES string of the molecule is COc1ccc(Cl)cc1NC1=C(c2ccccc2OC)C(=O)N(c2ccccc2Cl)C1=O. The molecule has 0 fully saturated rings. The Bertz CT molecular complexity index is 1260. The number of para-hydroxylation sites is 2. The zero-order chi connectivity index (χ0) is 22.8. The minimum Gasteiger partial charge on any atom is -0.496 e. The molecule has 0 unspecified atom stereocenters. The molecule has 0 saturated carbocycles. The van der Waals surface area contributed by atoms with Gasteiger partial charge in [-0.2, -0.15) is 0 Å². The van der Waals surface area contributed by atoms with E-state index in [2.05, 4.69) is 5.32 Å². The Morgan fingerprint density at radius 1 is 0.812 bits per heavy atom. The largest absolute Gasteiger partial charge is 0.496 e. The maximum absolute atomic E-state index is 13.6. The second kappa shape index (κ2) is 8.94. The number of hydrogen-bond acceptors (Lipinski definition) is 5. The second-order valence-corrected chi connectivity index (χ2v) is 7.66. The maximum atomic E-state index is 13.6. The first-order chi connectivity index (χ1) is 15.5. The Balaban J connectivity index is 1.91. The predicted octanol–water partition coefficient (Wildman–Crippen LogP) is 5.41. The normalized spacial score (nSPS) is 13.6. The van der Waals surface area contributed by atoms with E-state index in [1.807, 2.05) is 0 Å². The molecule has 1 aliphatic heterocycles. The van der Waals surface area contributed by atoms with Gasteiger partial charge in [-0.1, -0.05) is 53.5 Å². The lowest BCUT2D eigenvalue weighted by molar-refractivity contribution is -0.120. The summed E-state index contributed by atoms with van der Waals surface area (Å²) in [6.45, 7) is 0. The third kappa shape index (κ3) is 3.79. The van der Waals surface area contributed by atoms with Crippen LogP contribution in [-0.4, -0.2) is 26.0 Å². The Kier molecular flexibility index (Phi) is 6.08. The van der Waals surface area contributed by atoms with Gasteiger partial charge in [0.25, 0.3) is 11.8 Å². The molecule has 4 rings (SSSR count). The number of rotatable bonds is 6. The van der Waals surface area contributed by atoms with Crippen LogP contribution >= 0.6 is 23.2 Å². The summed E-state index contributed by atoms with van der Waals surface area (Å²) in [6, 6.07) is 18.6. The molecule has 0 radical (unpaired) electrons. The van der Waals surface area contributed by atoms with Crippen LogP contribution in [0.25, 0.3) is 5.57 Å². The third-order valence-electron chi connectivity index (χ3n) is 4.97. The Morgan fingerprint density at radius 3 is 2.22 bits per heavy atom. The van der Waals surface area contributed by atoms with Crippen molar-refractivity contribution in [1.29, 1.82) is 0 Å². The van der Waals surface area contributed by atoms with E-state index >= 15 is 0 Å². The molecule has 1 aliphatic rings. The average Bonchev–Trinajstić information content (AvgIpc) is 3.03. The number of benzene rings is 3. The zero-order valence-corrected chi connectivity index (χ0v) is 18.7. The summed E-state index contributed by atoms with van der Waals surface area (Å²) in [5.74, 6) is -0.193. The fourth-order valence-corrected chi connectivity index (χ4v) is 3.90. The molecule has 0 aromatic heterocycles. The van der Waals surface area contributed by atoms with Crippen molar-refractivity contribution in [2.45, 2.75) is 0 Å². The Labute approximate surface area is 195 Å². The van der Waals surface area contributed by atoms with Gasteiger partial charge in [0.15, 0.2) is 0 Å². The van der Waals surface area contributed by atoms with Crippen LogP contribution in [0.4, 0.5) is 11.4 Å². The maximum Gasteiger partial charge on any atom is 0.282 e. The lowest BCUT2D eigenvalue weighted by atomic mass is 10.0. The summed E-state index contributed by atoms with van der Waals surface area (Å²) in [5, 5.41) is 3.77. The van der Waals surface area contributed by atoms with Crippen LogP contribution in [0.3, 0.4) is 0 Å². The van der Waals surface area contributed by atoms with Crippen LogP contribution in [-0.2, 0) is 9.59 Å². The molecule has 1 heterocycles. The van der Waals surface area contributed by atoms with Gasteiger partial charge in [-0.25, -0.2) is 4.90 Å². The van der Waals surface area contributed by atoms with E-state index in [0.717, 1.165) is 4.90 Å². The quantitative estimate of drug-likeness (QED) is 0.490. The molecule has 0 aliphatic carbocycles. The molecule has 0 saturated heterocycles. The number of imide groups is 1. The highest BCUT2D eigenvalue weighted by molar-refractivity contribution is 6.48. The van der Waals surface area contributed by atoms with E-state index in [1.165, 1.54) is 14.2 Å². The Hall–Kier alpha value is -3.48. The molecule has 0 spiro atoms. The van der Waals surface area contributed by atoms with Crippen molar-refractivity contribution in [2.75, 3.05) is 24.4 Å². The van der Waals surface area contributed by atoms with Gasteiger partial charge in [-0.05, 0) is 36.4 Å². The van der Waals surface area contributed by atoms with Crippen LogP contribution in [0.5, 0.6) is 11.5 Å². The fraction of sp³-hybridized carbons (Fsp3) is 0.0833. The molecular weight excluding hydrogens is 451 g/mol. The summed E-state index contributed by atoms with van der Waals surface area (Å²) in [6.07, 6.45) is 0. The molecule has 162 valence electrons. The summed E-state index contributed by atoms with van der Waals surface area (Å²) < 4.78 is 10.8. The number of nitrogens with zero attached hydrogens (tertiary/aromatic N) is 1. The van der Waals surface area contributed by atoms with Gasteiger partial charge in [0.1, 0.15) is 17.2 Å². The lowest BCUT2D eigenvalue weighted by Gasteiger charge is -2.17. The smallest absolute Gasteiger partial charge is 0.282 e. The molecular formula is C24H18Cl2N2O4. The van der Waals surface area contributed by atoms with Crippen molar-refractivity contribution in [2.24, 2.45) is 0 Å². The molecule has 6 nitrogen and oxygen atoms in total. The molecule has 0 atom stereocenters. The second-order valence-electron chi connectivity index (χ2n) is 6.82. The standard InChI is InChI=1S/C24H18Cl2N2O4/c1-31-19-10-6-3-7-15(19)21-22(27-17-13-14(25)11-12-20(17)32-2)24(30)28(23(21)29)18-9-5-4-8-16(18)26/h3-13,27H,1-2H3. The van der Waals surface area contributed by atoms with E-state index in [-0.39, 0.29) is 22.0 Å². The van der Waals surface area contributed by atoms with Gasteiger partial charge in [-0.3, -0.25) is 9.59 Å². The molecule has 2 amide bonds. The summed E-state index contributed by atoms with van der Waals surface area (Å²) in [7, 11) is 3.00. The minimum absolute atomic E-state index is 0.0555.